The molecular weight excluding hydrogens is 455 g/mol. The van der Waals surface area contributed by atoms with Gasteiger partial charge in [-0.1, -0.05) is 6.07 Å². The number of aromatic nitrogens is 2. The molecule has 1 aromatic carbocycles. The fourth-order valence-electron chi connectivity index (χ4n) is 3.40. The number of hydrogen-bond acceptors (Lipinski definition) is 6. The first kappa shape index (κ1) is 23.2. The van der Waals surface area contributed by atoms with Gasteiger partial charge in [-0.3, -0.25) is 9.78 Å². The molecule has 0 saturated carbocycles. The lowest BCUT2D eigenvalue weighted by Gasteiger charge is -2.17. The van der Waals surface area contributed by atoms with E-state index in [1.54, 1.807) is 25.3 Å². The van der Waals surface area contributed by atoms with Crippen molar-refractivity contribution in [2.45, 2.75) is 38.6 Å². The lowest BCUT2D eigenvalue weighted by molar-refractivity contribution is -0.141. The van der Waals surface area contributed by atoms with E-state index in [4.69, 9.17) is 9.47 Å². The summed E-state index contributed by atoms with van der Waals surface area (Å²) in [4.78, 5) is 21.9. The number of ether oxygens (including phenoxy) is 2. The molecule has 174 valence electrons. The van der Waals surface area contributed by atoms with E-state index >= 15 is 0 Å². The summed E-state index contributed by atoms with van der Waals surface area (Å²) in [5.74, 6) is 0.148. The van der Waals surface area contributed by atoms with Crippen LogP contribution in [-0.4, -0.2) is 35.2 Å². The summed E-state index contributed by atoms with van der Waals surface area (Å²) in [6.07, 6.45) is -0.957. The second-order valence-corrected chi connectivity index (χ2v) is 9.03. The number of aryl methyl sites for hydroxylation is 1. The van der Waals surface area contributed by atoms with Crippen molar-refractivity contribution in [3.8, 4) is 16.3 Å². The average molecular weight is 478 g/mol. The van der Waals surface area contributed by atoms with Crippen LogP contribution in [0.25, 0.3) is 10.6 Å². The van der Waals surface area contributed by atoms with E-state index in [2.05, 4.69) is 15.3 Å². The molecule has 0 unspecified atom stereocenters. The van der Waals surface area contributed by atoms with Crippen molar-refractivity contribution in [2.75, 3.05) is 13.2 Å². The molecule has 0 radical (unpaired) electrons. The monoisotopic (exact) mass is 477 g/mol. The van der Waals surface area contributed by atoms with Crippen LogP contribution in [0.15, 0.2) is 42.7 Å². The molecule has 2 atom stereocenters. The van der Waals surface area contributed by atoms with Gasteiger partial charge in [0.2, 0.25) is 0 Å². The van der Waals surface area contributed by atoms with Gasteiger partial charge in [-0.15, -0.1) is 11.3 Å². The van der Waals surface area contributed by atoms with Gasteiger partial charge >= 0.3 is 6.18 Å². The molecule has 3 aromatic rings. The molecule has 1 aliphatic heterocycles. The molecule has 1 amide bonds. The first-order valence-corrected chi connectivity index (χ1v) is 11.2. The van der Waals surface area contributed by atoms with Gasteiger partial charge in [0.05, 0.1) is 19.3 Å². The highest BCUT2D eigenvalue weighted by molar-refractivity contribution is 7.14. The summed E-state index contributed by atoms with van der Waals surface area (Å²) in [7, 11) is 0. The van der Waals surface area contributed by atoms with Crippen molar-refractivity contribution in [3.05, 3.63) is 64.4 Å². The van der Waals surface area contributed by atoms with E-state index in [-0.39, 0.29) is 12.0 Å². The Kier molecular flexibility index (Phi) is 6.66. The Morgan fingerprint density at radius 3 is 2.67 bits per heavy atom. The van der Waals surface area contributed by atoms with E-state index in [0.29, 0.717) is 30.1 Å². The third kappa shape index (κ3) is 5.69. The van der Waals surface area contributed by atoms with Gasteiger partial charge in [0.25, 0.3) is 5.91 Å². The first-order valence-electron chi connectivity index (χ1n) is 10.4. The van der Waals surface area contributed by atoms with E-state index in [9.17, 15) is 18.0 Å². The van der Waals surface area contributed by atoms with Crippen LogP contribution in [0, 0.1) is 6.92 Å². The summed E-state index contributed by atoms with van der Waals surface area (Å²) in [6.45, 7) is 4.75. The number of rotatable bonds is 6. The molecule has 1 aliphatic rings. The molecule has 3 heterocycles. The molecule has 1 N–H and O–H groups in total. The van der Waals surface area contributed by atoms with Crippen molar-refractivity contribution < 1.29 is 27.4 Å². The van der Waals surface area contributed by atoms with Crippen molar-refractivity contribution in [2.24, 2.45) is 0 Å². The maximum absolute atomic E-state index is 13.0. The van der Waals surface area contributed by atoms with Crippen molar-refractivity contribution >= 4 is 17.2 Å². The van der Waals surface area contributed by atoms with Crippen molar-refractivity contribution in [1.29, 1.82) is 0 Å². The summed E-state index contributed by atoms with van der Waals surface area (Å²) < 4.78 is 49.7. The van der Waals surface area contributed by atoms with Gasteiger partial charge in [0, 0.05) is 34.8 Å². The molecular formula is C23H22F3N3O3S. The molecule has 33 heavy (non-hydrogen) atoms. The van der Waals surface area contributed by atoms with Crippen LogP contribution >= 0.6 is 11.3 Å². The zero-order valence-corrected chi connectivity index (χ0v) is 18.8. The maximum atomic E-state index is 13.0. The van der Waals surface area contributed by atoms with Crippen molar-refractivity contribution in [1.82, 2.24) is 15.3 Å². The Hall–Kier alpha value is -2.98. The molecule has 0 bridgehead atoms. The Labute approximate surface area is 192 Å². The molecule has 2 aromatic heterocycles. The number of carbonyl (C=O) groups is 1. The standard InChI is InChI=1S/C23H22F3N3O3S/c1-13-10-28-22(33-13)17-7-16(8-19(9-17)32-18-5-6-31-12-18)21(30)29-14(2)15-3-4-20(27-11-15)23(24,25)26/h3-4,7-11,14,18H,5-6,12H2,1-2H3,(H,29,30)/t14-,18-/m1/s1. The SMILES string of the molecule is Cc1cnc(-c2cc(O[C@@H]3CCOC3)cc(C(=O)N[C@H](C)c3ccc(C(F)(F)F)nc3)c2)s1. The second-order valence-electron chi connectivity index (χ2n) is 7.80. The average Bonchev–Trinajstić information content (AvgIpc) is 3.44. The fourth-order valence-corrected chi connectivity index (χ4v) is 4.15. The molecule has 4 rings (SSSR count). The minimum absolute atomic E-state index is 0.0914. The van der Waals surface area contributed by atoms with E-state index in [1.165, 1.54) is 17.4 Å². The Morgan fingerprint density at radius 2 is 2.06 bits per heavy atom. The fraction of sp³-hybridized carbons (Fsp3) is 0.348. The first-order chi connectivity index (χ1) is 15.7. The van der Waals surface area contributed by atoms with Gasteiger partial charge in [-0.25, -0.2) is 4.98 Å². The highest BCUT2D eigenvalue weighted by Gasteiger charge is 2.32. The van der Waals surface area contributed by atoms with Gasteiger partial charge < -0.3 is 14.8 Å². The molecule has 0 aliphatic carbocycles. The van der Waals surface area contributed by atoms with E-state index in [0.717, 1.165) is 34.1 Å². The minimum Gasteiger partial charge on any atom is -0.488 e. The molecule has 10 heteroatoms. The summed E-state index contributed by atoms with van der Waals surface area (Å²) in [6, 6.07) is 6.88. The van der Waals surface area contributed by atoms with Gasteiger partial charge in [-0.05, 0) is 43.7 Å². The lowest BCUT2D eigenvalue weighted by atomic mass is 10.1. The number of nitrogens with zero attached hydrogens (tertiary/aromatic N) is 2. The maximum Gasteiger partial charge on any atom is 0.433 e. The Bertz CT molecular complexity index is 1130. The topological polar surface area (TPSA) is 73.3 Å². The summed E-state index contributed by atoms with van der Waals surface area (Å²) in [5, 5.41) is 3.58. The predicted octanol–water partition coefficient (Wildman–Crippen LogP) is 5.19. The molecule has 6 nitrogen and oxygen atoms in total. The molecule has 0 spiro atoms. The largest absolute Gasteiger partial charge is 0.488 e. The van der Waals surface area contributed by atoms with Crippen molar-refractivity contribution in [3.63, 3.8) is 0 Å². The molecule has 1 saturated heterocycles. The summed E-state index contributed by atoms with van der Waals surface area (Å²) >= 11 is 1.50. The number of thiazole rings is 1. The minimum atomic E-state index is -4.51. The van der Waals surface area contributed by atoms with Crippen LogP contribution in [0.4, 0.5) is 13.2 Å². The highest BCUT2D eigenvalue weighted by atomic mass is 32.1. The van der Waals surface area contributed by atoms with Crippen LogP contribution in [0.2, 0.25) is 0 Å². The van der Waals surface area contributed by atoms with E-state index in [1.807, 2.05) is 13.0 Å². The van der Waals surface area contributed by atoms with Crippen LogP contribution < -0.4 is 10.1 Å². The van der Waals surface area contributed by atoms with E-state index < -0.39 is 17.9 Å². The number of halogens is 3. The van der Waals surface area contributed by atoms with Crippen LogP contribution in [0.3, 0.4) is 0 Å². The third-order valence-corrected chi connectivity index (χ3v) is 6.11. The Morgan fingerprint density at radius 1 is 1.24 bits per heavy atom. The quantitative estimate of drug-likeness (QED) is 0.529. The van der Waals surface area contributed by atoms with Gasteiger partial charge in [0.15, 0.2) is 0 Å². The number of carbonyl (C=O) groups excluding carboxylic acids is 1. The number of alkyl halides is 3. The number of hydrogen-bond donors (Lipinski definition) is 1. The summed E-state index contributed by atoms with van der Waals surface area (Å²) in [5.41, 5.74) is 0.594. The zero-order valence-electron chi connectivity index (χ0n) is 18.0. The predicted molar refractivity (Wildman–Crippen MR) is 117 cm³/mol. The van der Waals surface area contributed by atoms with Gasteiger partial charge in [0.1, 0.15) is 22.6 Å². The van der Waals surface area contributed by atoms with Crippen LogP contribution in [0.5, 0.6) is 5.75 Å². The smallest absolute Gasteiger partial charge is 0.433 e. The van der Waals surface area contributed by atoms with Crippen LogP contribution in [-0.2, 0) is 10.9 Å². The Balaban J connectivity index is 1.56. The number of nitrogens with one attached hydrogen (secondary N) is 1. The number of pyridine rings is 1. The normalized spacial score (nSPS) is 17.1. The lowest BCUT2D eigenvalue weighted by Crippen LogP contribution is -2.27. The highest BCUT2D eigenvalue weighted by Crippen LogP contribution is 2.31. The van der Waals surface area contributed by atoms with Crippen LogP contribution in [0.1, 0.15) is 45.9 Å². The number of benzene rings is 1. The zero-order chi connectivity index (χ0) is 23.6. The second kappa shape index (κ2) is 9.48. The third-order valence-electron chi connectivity index (χ3n) is 5.15. The van der Waals surface area contributed by atoms with Gasteiger partial charge in [-0.2, -0.15) is 13.2 Å². The number of amides is 1. The molecule has 1 fully saturated rings.